The molecule has 1 saturated heterocycles. The topological polar surface area (TPSA) is 66.7 Å². The number of hydrogen-bond donors (Lipinski definition) is 0. The number of rotatable bonds is 3. The molecule has 1 aliphatic rings. The molecule has 1 aliphatic heterocycles. The molecule has 1 fully saturated rings. The summed E-state index contributed by atoms with van der Waals surface area (Å²) < 4.78 is 0. The zero-order valence-corrected chi connectivity index (χ0v) is 12.0. The van der Waals surface area contributed by atoms with Crippen LogP contribution in [0.25, 0.3) is 0 Å². The Morgan fingerprint density at radius 2 is 2.00 bits per heavy atom. The molecule has 0 bridgehead atoms. The molecular formula is C13H16ClN3O3. The average Bonchev–Trinajstić information content (AvgIpc) is 2.47. The Bertz CT molecular complexity index is 528. The van der Waals surface area contributed by atoms with Gasteiger partial charge in [0.05, 0.1) is 15.5 Å². The van der Waals surface area contributed by atoms with Gasteiger partial charge in [0.2, 0.25) is 0 Å². The van der Waals surface area contributed by atoms with E-state index in [0.29, 0.717) is 13.1 Å². The summed E-state index contributed by atoms with van der Waals surface area (Å²) in [6.45, 7) is 5.90. The molecule has 0 saturated carbocycles. The Morgan fingerprint density at radius 1 is 1.35 bits per heavy atom. The zero-order valence-electron chi connectivity index (χ0n) is 11.2. The van der Waals surface area contributed by atoms with Gasteiger partial charge in [-0.2, -0.15) is 0 Å². The van der Waals surface area contributed by atoms with Crippen molar-refractivity contribution in [1.82, 2.24) is 9.80 Å². The minimum atomic E-state index is -0.526. The van der Waals surface area contributed by atoms with Gasteiger partial charge < -0.3 is 9.80 Å². The molecule has 0 spiro atoms. The van der Waals surface area contributed by atoms with Crippen molar-refractivity contribution in [2.45, 2.75) is 6.92 Å². The van der Waals surface area contributed by atoms with Gasteiger partial charge >= 0.3 is 0 Å². The number of hydrogen-bond acceptors (Lipinski definition) is 4. The van der Waals surface area contributed by atoms with Crippen molar-refractivity contribution in [2.24, 2.45) is 0 Å². The molecule has 1 heterocycles. The van der Waals surface area contributed by atoms with E-state index in [1.165, 1.54) is 18.2 Å². The summed E-state index contributed by atoms with van der Waals surface area (Å²) in [5.41, 5.74) is 0.0794. The van der Waals surface area contributed by atoms with Gasteiger partial charge in [0.1, 0.15) is 0 Å². The molecule has 6 nitrogen and oxygen atoms in total. The van der Waals surface area contributed by atoms with Gasteiger partial charge in [-0.15, -0.1) is 0 Å². The molecule has 0 N–H and O–H groups in total. The summed E-state index contributed by atoms with van der Waals surface area (Å²) in [6.07, 6.45) is 0. The van der Waals surface area contributed by atoms with Gasteiger partial charge in [-0.3, -0.25) is 14.9 Å². The van der Waals surface area contributed by atoms with E-state index in [2.05, 4.69) is 11.8 Å². The highest BCUT2D eigenvalue weighted by atomic mass is 35.5. The first-order valence-electron chi connectivity index (χ1n) is 6.48. The van der Waals surface area contributed by atoms with Crippen molar-refractivity contribution in [3.63, 3.8) is 0 Å². The lowest BCUT2D eigenvalue weighted by molar-refractivity contribution is -0.384. The second kappa shape index (κ2) is 6.19. The second-order valence-corrected chi connectivity index (χ2v) is 5.05. The fraction of sp³-hybridized carbons (Fsp3) is 0.462. The lowest BCUT2D eigenvalue weighted by atomic mass is 10.1. The Kier molecular flexibility index (Phi) is 4.57. The van der Waals surface area contributed by atoms with Crippen LogP contribution in [0.15, 0.2) is 18.2 Å². The molecule has 20 heavy (non-hydrogen) atoms. The van der Waals surface area contributed by atoms with Crippen molar-refractivity contribution < 1.29 is 9.72 Å². The van der Waals surface area contributed by atoms with E-state index in [1.54, 1.807) is 4.90 Å². The number of nitro groups is 1. The fourth-order valence-electron chi connectivity index (χ4n) is 2.23. The van der Waals surface area contributed by atoms with Crippen molar-refractivity contribution in [2.75, 3.05) is 32.7 Å². The van der Waals surface area contributed by atoms with Gasteiger partial charge in [-0.1, -0.05) is 18.5 Å². The summed E-state index contributed by atoms with van der Waals surface area (Å²) in [7, 11) is 0. The van der Waals surface area contributed by atoms with Crippen LogP contribution < -0.4 is 0 Å². The van der Waals surface area contributed by atoms with Crippen molar-refractivity contribution in [3.8, 4) is 0 Å². The van der Waals surface area contributed by atoms with Crippen LogP contribution in [0, 0.1) is 10.1 Å². The van der Waals surface area contributed by atoms with Crippen LogP contribution in [-0.4, -0.2) is 53.4 Å². The van der Waals surface area contributed by atoms with E-state index in [1.807, 2.05) is 0 Å². The van der Waals surface area contributed by atoms with Gasteiger partial charge in [-0.25, -0.2) is 0 Å². The van der Waals surface area contributed by atoms with Crippen LogP contribution in [0.4, 0.5) is 5.69 Å². The monoisotopic (exact) mass is 297 g/mol. The minimum absolute atomic E-state index is 0.120. The van der Waals surface area contributed by atoms with Crippen molar-refractivity contribution in [3.05, 3.63) is 38.9 Å². The van der Waals surface area contributed by atoms with E-state index >= 15 is 0 Å². The number of nitro benzene ring substituents is 1. The molecule has 1 amide bonds. The van der Waals surface area contributed by atoms with Crippen LogP contribution in [0.5, 0.6) is 0 Å². The molecule has 1 aromatic rings. The van der Waals surface area contributed by atoms with Gasteiger partial charge in [0.25, 0.3) is 11.6 Å². The Balaban J connectivity index is 2.17. The average molecular weight is 298 g/mol. The zero-order chi connectivity index (χ0) is 14.7. The summed E-state index contributed by atoms with van der Waals surface area (Å²) in [6, 6.07) is 3.94. The number of halogens is 1. The minimum Gasteiger partial charge on any atom is -0.336 e. The van der Waals surface area contributed by atoms with E-state index in [9.17, 15) is 14.9 Å². The van der Waals surface area contributed by atoms with E-state index in [0.717, 1.165) is 19.6 Å². The first kappa shape index (κ1) is 14.7. The SMILES string of the molecule is CCN1CCN(C(=O)c2cc([N+](=O)[O-])ccc2Cl)CC1. The third-order valence-electron chi connectivity index (χ3n) is 3.50. The van der Waals surface area contributed by atoms with Crippen molar-refractivity contribution >= 4 is 23.2 Å². The van der Waals surface area contributed by atoms with Crippen LogP contribution in [0.3, 0.4) is 0 Å². The molecule has 108 valence electrons. The molecular weight excluding hydrogens is 282 g/mol. The third kappa shape index (κ3) is 3.08. The Morgan fingerprint density at radius 3 is 2.55 bits per heavy atom. The normalized spacial score (nSPS) is 16.2. The largest absolute Gasteiger partial charge is 0.336 e. The maximum atomic E-state index is 12.4. The molecule has 0 radical (unpaired) electrons. The number of benzene rings is 1. The number of carbonyl (C=O) groups is 1. The smallest absolute Gasteiger partial charge is 0.270 e. The Hall–Kier alpha value is -1.66. The third-order valence-corrected chi connectivity index (χ3v) is 3.83. The fourth-order valence-corrected chi connectivity index (χ4v) is 2.43. The van der Waals surface area contributed by atoms with E-state index in [-0.39, 0.29) is 22.2 Å². The quantitative estimate of drug-likeness (QED) is 0.632. The van der Waals surface area contributed by atoms with Gasteiger partial charge in [0.15, 0.2) is 0 Å². The number of piperazine rings is 1. The Labute approximate surface area is 122 Å². The number of non-ortho nitro benzene ring substituents is 1. The predicted molar refractivity (Wildman–Crippen MR) is 76.1 cm³/mol. The highest BCUT2D eigenvalue weighted by molar-refractivity contribution is 6.33. The highest BCUT2D eigenvalue weighted by Crippen LogP contribution is 2.23. The molecule has 1 aromatic carbocycles. The maximum absolute atomic E-state index is 12.4. The van der Waals surface area contributed by atoms with Gasteiger partial charge in [0, 0.05) is 38.3 Å². The van der Waals surface area contributed by atoms with Crippen LogP contribution in [0.2, 0.25) is 5.02 Å². The lowest BCUT2D eigenvalue weighted by Gasteiger charge is -2.34. The highest BCUT2D eigenvalue weighted by Gasteiger charge is 2.24. The molecule has 0 aliphatic carbocycles. The lowest BCUT2D eigenvalue weighted by Crippen LogP contribution is -2.48. The first-order chi connectivity index (χ1) is 9.52. The molecule has 0 atom stereocenters. The summed E-state index contributed by atoms with van der Waals surface area (Å²) >= 11 is 5.99. The van der Waals surface area contributed by atoms with Crippen LogP contribution in [-0.2, 0) is 0 Å². The maximum Gasteiger partial charge on any atom is 0.270 e. The van der Waals surface area contributed by atoms with Crippen molar-refractivity contribution in [1.29, 1.82) is 0 Å². The predicted octanol–water partition coefficient (Wildman–Crippen LogP) is 2.03. The van der Waals surface area contributed by atoms with Gasteiger partial charge in [-0.05, 0) is 12.6 Å². The molecule has 0 unspecified atom stereocenters. The standard InChI is InChI=1S/C13H16ClN3O3/c1-2-15-5-7-16(8-6-15)13(18)11-9-10(17(19)20)3-4-12(11)14/h3-4,9H,2,5-8H2,1H3. The molecule has 0 aromatic heterocycles. The van der Waals surface area contributed by atoms with Crippen LogP contribution >= 0.6 is 11.6 Å². The first-order valence-corrected chi connectivity index (χ1v) is 6.86. The summed E-state index contributed by atoms with van der Waals surface area (Å²) in [5.74, 6) is -0.241. The molecule has 2 rings (SSSR count). The number of amides is 1. The molecule has 7 heteroatoms. The summed E-state index contributed by atoms with van der Waals surface area (Å²) in [4.78, 5) is 26.6. The second-order valence-electron chi connectivity index (χ2n) is 4.65. The number of likely N-dealkylation sites (N-methyl/N-ethyl adjacent to an activating group) is 1. The van der Waals surface area contributed by atoms with E-state index < -0.39 is 4.92 Å². The van der Waals surface area contributed by atoms with Crippen LogP contribution in [0.1, 0.15) is 17.3 Å². The van der Waals surface area contributed by atoms with E-state index in [4.69, 9.17) is 11.6 Å². The number of nitrogens with zero attached hydrogens (tertiary/aromatic N) is 3. The number of carbonyl (C=O) groups excluding carboxylic acids is 1. The summed E-state index contributed by atoms with van der Waals surface area (Å²) in [5, 5.41) is 11.0.